The second-order valence-electron chi connectivity index (χ2n) is 8.51. The number of nitrogens with two attached hydrogens (primary N) is 1. The van der Waals surface area contributed by atoms with Crippen molar-refractivity contribution in [1.29, 1.82) is 0 Å². The third-order valence-corrected chi connectivity index (χ3v) is 5.55. The third-order valence-electron chi connectivity index (χ3n) is 5.55. The summed E-state index contributed by atoms with van der Waals surface area (Å²) in [7, 11) is 1.84. The molecule has 2 aromatic rings. The first-order valence-corrected chi connectivity index (χ1v) is 9.38. The monoisotopic (exact) mass is 354 g/mol. The number of likely N-dealkylation sites (tertiary alicyclic amines) is 1. The van der Waals surface area contributed by atoms with E-state index in [9.17, 15) is 4.79 Å². The summed E-state index contributed by atoms with van der Waals surface area (Å²) in [4.78, 5) is 15.2. The topological polar surface area (TPSA) is 64.2 Å². The molecule has 0 radical (unpaired) electrons. The Labute approximate surface area is 156 Å². The Morgan fingerprint density at radius 2 is 1.92 bits per heavy atom. The summed E-state index contributed by atoms with van der Waals surface area (Å²) in [5, 5.41) is 4.55. The smallest absolute Gasteiger partial charge is 0.272 e. The van der Waals surface area contributed by atoms with Gasteiger partial charge < -0.3 is 10.6 Å². The van der Waals surface area contributed by atoms with Gasteiger partial charge in [0, 0.05) is 25.7 Å². The quantitative estimate of drug-likeness (QED) is 0.921. The van der Waals surface area contributed by atoms with E-state index < -0.39 is 0 Å². The van der Waals surface area contributed by atoms with Gasteiger partial charge in [0.05, 0.1) is 5.69 Å². The van der Waals surface area contributed by atoms with Crippen LogP contribution in [0.4, 0.5) is 0 Å². The minimum absolute atomic E-state index is 0.0505. The molecule has 1 aliphatic rings. The third kappa shape index (κ3) is 3.83. The molecular formula is C21H30N4O. The van der Waals surface area contributed by atoms with Crippen LogP contribution in [0.5, 0.6) is 0 Å². The Bertz CT molecular complexity index is 760. The van der Waals surface area contributed by atoms with Gasteiger partial charge in [0.1, 0.15) is 5.69 Å². The summed E-state index contributed by atoms with van der Waals surface area (Å²) < 4.78 is 1.70. The molecule has 1 fully saturated rings. The zero-order valence-electron chi connectivity index (χ0n) is 16.3. The lowest BCUT2D eigenvalue weighted by Gasteiger charge is -2.43. The molecule has 1 aromatic carbocycles. The fourth-order valence-corrected chi connectivity index (χ4v) is 3.75. The van der Waals surface area contributed by atoms with E-state index in [-0.39, 0.29) is 11.3 Å². The fourth-order valence-electron chi connectivity index (χ4n) is 3.75. The minimum Gasteiger partial charge on any atom is -0.337 e. The number of aromatic nitrogens is 2. The van der Waals surface area contributed by atoms with Crippen molar-refractivity contribution in [3.8, 4) is 11.3 Å². The Morgan fingerprint density at radius 1 is 1.23 bits per heavy atom. The zero-order valence-corrected chi connectivity index (χ0v) is 16.3. The highest BCUT2D eigenvalue weighted by Crippen LogP contribution is 2.35. The van der Waals surface area contributed by atoms with Crippen LogP contribution in [-0.4, -0.2) is 40.2 Å². The van der Waals surface area contributed by atoms with Gasteiger partial charge in [0.25, 0.3) is 5.91 Å². The van der Waals surface area contributed by atoms with E-state index in [1.165, 1.54) is 0 Å². The highest BCUT2D eigenvalue weighted by atomic mass is 16.2. The van der Waals surface area contributed by atoms with Crippen molar-refractivity contribution in [2.45, 2.75) is 27.2 Å². The van der Waals surface area contributed by atoms with Crippen molar-refractivity contribution in [3.63, 3.8) is 0 Å². The summed E-state index contributed by atoms with van der Waals surface area (Å²) in [6.45, 7) is 8.87. The summed E-state index contributed by atoms with van der Waals surface area (Å²) in [6, 6.07) is 11.9. The number of amides is 1. The van der Waals surface area contributed by atoms with Gasteiger partial charge in [-0.3, -0.25) is 9.48 Å². The average Bonchev–Trinajstić information content (AvgIpc) is 3.02. The highest BCUT2D eigenvalue weighted by Gasteiger charge is 2.36. The number of hydrogen-bond acceptors (Lipinski definition) is 3. The first-order chi connectivity index (χ1) is 12.3. The van der Waals surface area contributed by atoms with Crippen LogP contribution in [0.25, 0.3) is 11.3 Å². The molecule has 0 spiro atoms. The van der Waals surface area contributed by atoms with Crippen molar-refractivity contribution in [3.05, 3.63) is 42.1 Å². The standard InChI is InChI=1S/C21H30N4O/c1-21(2,3)17-10-15(12-22)13-25(14-17)20(26)19-11-18(23-24(19)4)16-8-6-5-7-9-16/h5-9,11,15,17H,10,12-14,22H2,1-4H3/t15-,17-/m1/s1. The molecule has 0 bridgehead atoms. The zero-order chi connectivity index (χ0) is 18.9. The summed E-state index contributed by atoms with van der Waals surface area (Å²) in [5.74, 6) is 0.865. The number of carbonyl (C=O) groups is 1. The number of piperidine rings is 1. The van der Waals surface area contributed by atoms with Gasteiger partial charge in [-0.25, -0.2) is 0 Å². The Hall–Kier alpha value is -2.14. The first-order valence-electron chi connectivity index (χ1n) is 9.38. The lowest BCUT2D eigenvalue weighted by Crippen LogP contribution is -2.49. The van der Waals surface area contributed by atoms with Crippen LogP contribution in [0.3, 0.4) is 0 Å². The molecule has 3 rings (SSSR count). The van der Waals surface area contributed by atoms with Crippen molar-refractivity contribution < 1.29 is 4.79 Å². The molecule has 0 unspecified atom stereocenters. The minimum atomic E-state index is 0.0505. The SMILES string of the molecule is Cn1nc(-c2ccccc2)cc1C(=O)N1C[C@@H](CN)C[C@@H](C(C)(C)C)C1. The summed E-state index contributed by atoms with van der Waals surface area (Å²) in [6.07, 6.45) is 1.09. The van der Waals surface area contributed by atoms with Crippen LogP contribution in [0, 0.1) is 17.3 Å². The van der Waals surface area contributed by atoms with Gasteiger partial charge >= 0.3 is 0 Å². The van der Waals surface area contributed by atoms with E-state index in [0.29, 0.717) is 24.1 Å². The lowest BCUT2D eigenvalue weighted by molar-refractivity contribution is 0.0427. The molecule has 0 aliphatic carbocycles. The second kappa shape index (κ2) is 7.23. The Balaban J connectivity index is 1.85. The lowest BCUT2D eigenvalue weighted by atomic mass is 9.73. The van der Waals surface area contributed by atoms with Gasteiger partial charge in [-0.2, -0.15) is 5.10 Å². The van der Waals surface area contributed by atoms with Crippen molar-refractivity contribution in [2.24, 2.45) is 30.0 Å². The molecule has 26 heavy (non-hydrogen) atoms. The van der Waals surface area contributed by atoms with Crippen LogP contribution < -0.4 is 5.73 Å². The normalized spacial score (nSPS) is 21.0. The highest BCUT2D eigenvalue weighted by molar-refractivity contribution is 5.93. The van der Waals surface area contributed by atoms with Crippen LogP contribution >= 0.6 is 0 Å². The van der Waals surface area contributed by atoms with E-state index >= 15 is 0 Å². The number of benzene rings is 1. The van der Waals surface area contributed by atoms with E-state index in [4.69, 9.17) is 5.73 Å². The van der Waals surface area contributed by atoms with Crippen molar-refractivity contribution in [1.82, 2.24) is 14.7 Å². The largest absolute Gasteiger partial charge is 0.337 e. The molecule has 2 atom stereocenters. The summed E-state index contributed by atoms with van der Waals surface area (Å²) in [5.41, 5.74) is 8.61. The maximum Gasteiger partial charge on any atom is 0.272 e. The molecule has 2 N–H and O–H groups in total. The molecular weight excluding hydrogens is 324 g/mol. The molecule has 1 aliphatic heterocycles. The molecule has 5 heteroatoms. The maximum absolute atomic E-state index is 13.2. The van der Waals surface area contributed by atoms with E-state index in [0.717, 1.165) is 30.8 Å². The van der Waals surface area contributed by atoms with Crippen LogP contribution in [-0.2, 0) is 7.05 Å². The van der Waals surface area contributed by atoms with Gasteiger partial charge in [-0.15, -0.1) is 0 Å². The van der Waals surface area contributed by atoms with E-state index in [1.807, 2.05) is 48.3 Å². The van der Waals surface area contributed by atoms with Gasteiger partial charge in [0.2, 0.25) is 0 Å². The van der Waals surface area contributed by atoms with Gasteiger partial charge in [-0.1, -0.05) is 51.1 Å². The van der Waals surface area contributed by atoms with Gasteiger partial charge in [-0.05, 0) is 36.3 Å². The number of aryl methyl sites for hydroxylation is 1. The first kappa shape index (κ1) is 18.6. The van der Waals surface area contributed by atoms with Crippen LogP contribution in [0.1, 0.15) is 37.7 Å². The number of carbonyl (C=O) groups excluding carboxylic acids is 1. The van der Waals surface area contributed by atoms with Crippen LogP contribution in [0.2, 0.25) is 0 Å². The number of nitrogens with zero attached hydrogens (tertiary/aromatic N) is 3. The van der Waals surface area contributed by atoms with Gasteiger partial charge in [0.15, 0.2) is 0 Å². The van der Waals surface area contributed by atoms with Crippen molar-refractivity contribution in [2.75, 3.05) is 19.6 Å². The Morgan fingerprint density at radius 3 is 2.54 bits per heavy atom. The molecule has 2 heterocycles. The molecule has 1 aromatic heterocycles. The van der Waals surface area contributed by atoms with E-state index in [2.05, 4.69) is 25.9 Å². The second-order valence-corrected chi connectivity index (χ2v) is 8.51. The number of hydrogen-bond donors (Lipinski definition) is 1. The molecule has 0 saturated carbocycles. The predicted octanol–water partition coefficient (Wildman–Crippen LogP) is 3.17. The predicted molar refractivity (Wildman–Crippen MR) is 105 cm³/mol. The molecule has 1 saturated heterocycles. The molecule has 140 valence electrons. The maximum atomic E-state index is 13.2. The van der Waals surface area contributed by atoms with E-state index in [1.54, 1.807) is 4.68 Å². The van der Waals surface area contributed by atoms with Crippen molar-refractivity contribution >= 4 is 5.91 Å². The van der Waals surface area contributed by atoms with Crippen LogP contribution in [0.15, 0.2) is 36.4 Å². The molecule has 1 amide bonds. The Kier molecular flexibility index (Phi) is 5.19. The fraction of sp³-hybridized carbons (Fsp3) is 0.524. The molecule has 5 nitrogen and oxygen atoms in total. The summed E-state index contributed by atoms with van der Waals surface area (Å²) >= 11 is 0. The number of rotatable bonds is 3. The average molecular weight is 354 g/mol.